The molecule has 2 aromatic carbocycles. The van der Waals surface area contributed by atoms with Crippen LogP contribution in [-0.4, -0.2) is 29.3 Å². The average Bonchev–Trinajstić information content (AvgIpc) is 2.62. The van der Waals surface area contributed by atoms with Crippen molar-refractivity contribution in [2.24, 2.45) is 0 Å². The topological polar surface area (TPSA) is 66.4 Å². The Morgan fingerprint density at radius 3 is 2.58 bits per heavy atom. The maximum absolute atomic E-state index is 12.6. The van der Waals surface area contributed by atoms with E-state index in [4.69, 9.17) is 0 Å². The second kappa shape index (κ2) is 7.53. The minimum atomic E-state index is -0.932. The molecule has 1 aliphatic rings. The molecule has 0 spiro atoms. The van der Waals surface area contributed by atoms with Crippen LogP contribution < -0.4 is 5.32 Å². The van der Waals surface area contributed by atoms with Crippen molar-refractivity contribution in [2.75, 3.05) is 12.3 Å². The molecule has 1 aliphatic heterocycles. The van der Waals surface area contributed by atoms with Crippen molar-refractivity contribution in [2.45, 2.75) is 17.6 Å². The van der Waals surface area contributed by atoms with Crippen LogP contribution in [0.1, 0.15) is 27.9 Å². The first kappa shape index (κ1) is 16.6. The number of amides is 1. The lowest BCUT2D eigenvalue weighted by atomic mass is 9.98. The normalized spacial score (nSPS) is 17.6. The van der Waals surface area contributed by atoms with E-state index in [1.54, 1.807) is 36.0 Å². The number of nitrogens with one attached hydrogen (secondary N) is 1. The summed E-state index contributed by atoms with van der Waals surface area (Å²) in [5, 5.41) is 12.0. The molecule has 124 valence electrons. The Labute approximate surface area is 145 Å². The molecule has 2 aromatic rings. The van der Waals surface area contributed by atoms with Crippen molar-refractivity contribution in [3.63, 3.8) is 0 Å². The van der Waals surface area contributed by atoms with Crippen molar-refractivity contribution >= 4 is 23.6 Å². The van der Waals surface area contributed by atoms with Crippen LogP contribution >= 0.6 is 11.8 Å². The SMILES string of the molecule is O=C(O)C(CNC(=O)C1SCCc2ccccc21)c1ccccc1. The highest BCUT2D eigenvalue weighted by molar-refractivity contribution is 8.00. The zero-order chi connectivity index (χ0) is 16.9. The van der Waals surface area contributed by atoms with Crippen molar-refractivity contribution < 1.29 is 14.7 Å². The second-order valence-corrected chi connectivity index (χ2v) is 6.96. The summed E-state index contributed by atoms with van der Waals surface area (Å²) in [5.41, 5.74) is 2.94. The Balaban J connectivity index is 1.70. The van der Waals surface area contributed by atoms with E-state index in [0.29, 0.717) is 5.56 Å². The quantitative estimate of drug-likeness (QED) is 0.877. The number of fused-ring (bicyclic) bond motifs is 1. The molecule has 0 aliphatic carbocycles. The summed E-state index contributed by atoms with van der Waals surface area (Å²) >= 11 is 1.61. The Kier molecular flexibility index (Phi) is 5.20. The number of rotatable bonds is 5. The van der Waals surface area contributed by atoms with Gasteiger partial charge in [-0.2, -0.15) is 0 Å². The molecule has 1 amide bonds. The second-order valence-electron chi connectivity index (χ2n) is 5.75. The summed E-state index contributed by atoms with van der Waals surface area (Å²) < 4.78 is 0. The number of hydrogen-bond donors (Lipinski definition) is 2. The largest absolute Gasteiger partial charge is 0.481 e. The highest BCUT2D eigenvalue weighted by Crippen LogP contribution is 2.36. The van der Waals surface area contributed by atoms with Gasteiger partial charge in [-0.05, 0) is 28.9 Å². The van der Waals surface area contributed by atoms with Crippen LogP contribution in [0.5, 0.6) is 0 Å². The molecular formula is C19H19NO3S. The summed E-state index contributed by atoms with van der Waals surface area (Å²) in [6.07, 6.45) is 0.965. The molecule has 5 heteroatoms. The zero-order valence-corrected chi connectivity index (χ0v) is 14.0. The minimum Gasteiger partial charge on any atom is -0.481 e. The molecule has 3 rings (SSSR count). The molecule has 2 unspecified atom stereocenters. The van der Waals surface area contributed by atoms with Gasteiger partial charge in [-0.1, -0.05) is 54.6 Å². The molecule has 0 saturated heterocycles. The number of carbonyl (C=O) groups is 2. The van der Waals surface area contributed by atoms with Crippen LogP contribution in [0.2, 0.25) is 0 Å². The van der Waals surface area contributed by atoms with Crippen molar-refractivity contribution in [3.05, 3.63) is 71.3 Å². The summed E-state index contributed by atoms with van der Waals surface area (Å²) in [6, 6.07) is 17.0. The van der Waals surface area contributed by atoms with Crippen LogP contribution in [0.25, 0.3) is 0 Å². The van der Waals surface area contributed by atoms with Crippen molar-refractivity contribution in [1.82, 2.24) is 5.32 Å². The Morgan fingerprint density at radius 1 is 1.12 bits per heavy atom. The van der Waals surface area contributed by atoms with Crippen LogP contribution in [0.3, 0.4) is 0 Å². The molecular weight excluding hydrogens is 322 g/mol. The van der Waals surface area contributed by atoms with Crippen molar-refractivity contribution in [3.8, 4) is 0 Å². The van der Waals surface area contributed by atoms with E-state index < -0.39 is 11.9 Å². The van der Waals surface area contributed by atoms with Gasteiger partial charge in [0.25, 0.3) is 0 Å². The average molecular weight is 341 g/mol. The van der Waals surface area contributed by atoms with Crippen LogP contribution in [0, 0.1) is 0 Å². The van der Waals surface area contributed by atoms with Crippen LogP contribution in [-0.2, 0) is 16.0 Å². The Hall–Kier alpha value is -2.27. The van der Waals surface area contributed by atoms with E-state index in [1.807, 2.05) is 24.3 Å². The third kappa shape index (κ3) is 3.62. The lowest BCUT2D eigenvalue weighted by Crippen LogP contribution is -2.35. The smallest absolute Gasteiger partial charge is 0.312 e. The summed E-state index contributed by atoms with van der Waals surface area (Å²) in [6.45, 7) is 0.0946. The molecule has 4 nitrogen and oxygen atoms in total. The van der Waals surface area contributed by atoms with E-state index >= 15 is 0 Å². The fourth-order valence-corrected chi connectivity index (χ4v) is 4.16. The predicted octanol–water partition coefficient (Wildman–Crippen LogP) is 3.00. The van der Waals surface area contributed by atoms with E-state index in [2.05, 4.69) is 11.4 Å². The minimum absolute atomic E-state index is 0.0946. The number of aliphatic carboxylic acids is 1. The number of carbonyl (C=O) groups excluding carboxylic acids is 1. The molecule has 0 fully saturated rings. The van der Waals surface area contributed by atoms with Gasteiger partial charge in [0.05, 0.1) is 5.92 Å². The first-order valence-electron chi connectivity index (χ1n) is 7.91. The van der Waals surface area contributed by atoms with Gasteiger partial charge in [0, 0.05) is 6.54 Å². The standard InChI is InChI=1S/C19H19NO3S/c21-18(17-15-9-5-4-8-14(15)10-11-24-17)20-12-16(19(22)23)13-6-2-1-3-7-13/h1-9,16-17H,10-12H2,(H,20,21)(H,22,23). The van der Waals surface area contributed by atoms with Gasteiger partial charge < -0.3 is 10.4 Å². The number of benzene rings is 2. The zero-order valence-electron chi connectivity index (χ0n) is 13.1. The molecule has 2 atom stereocenters. The monoisotopic (exact) mass is 341 g/mol. The number of aryl methyl sites for hydroxylation is 1. The lowest BCUT2D eigenvalue weighted by Gasteiger charge is -2.25. The van der Waals surface area contributed by atoms with E-state index in [0.717, 1.165) is 17.7 Å². The molecule has 1 heterocycles. The van der Waals surface area contributed by atoms with Gasteiger partial charge in [0.1, 0.15) is 5.25 Å². The highest BCUT2D eigenvalue weighted by Gasteiger charge is 2.28. The van der Waals surface area contributed by atoms with Crippen LogP contribution in [0.15, 0.2) is 54.6 Å². The predicted molar refractivity (Wildman–Crippen MR) is 95.2 cm³/mol. The molecule has 0 radical (unpaired) electrons. The van der Waals surface area contributed by atoms with Gasteiger partial charge in [0.2, 0.25) is 5.91 Å². The molecule has 24 heavy (non-hydrogen) atoms. The maximum atomic E-state index is 12.6. The number of carboxylic acid groups (broad SMARTS) is 1. The first-order valence-corrected chi connectivity index (χ1v) is 8.96. The van der Waals surface area contributed by atoms with Crippen molar-refractivity contribution in [1.29, 1.82) is 0 Å². The van der Waals surface area contributed by atoms with Gasteiger partial charge in [-0.25, -0.2) is 0 Å². The summed E-state index contributed by atoms with van der Waals surface area (Å²) in [4.78, 5) is 24.1. The fraction of sp³-hybridized carbons (Fsp3) is 0.263. The molecule has 0 bridgehead atoms. The third-order valence-corrected chi connectivity index (χ3v) is 5.45. The molecule has 2 N–H and O–H groups in total. The Morgan fingerprint density at radius 2 is 1.83 bits per heavy atom. The Bertz CT molecular complexity index is 732. The lowest BCUT2D eigenvalue weighted by molar-refractivity contribution is -0.138. The van der Waals surface area contributed by atoms with Gasteiger partial charge in [0.15, 0.2) is 0 Å². The van der Waals surface area contributed by atoms with Gasteiger partial charge >= 0.3 is 5.97 Å². The number of carboxylic acids is 1. The van der Waals surface area contributed by atoms with E-state index in [-0.39, 0.29) is 17.7 Å². The van der Waals surface area contributed by atoms with Gasteiger partial charge in [-0.15, -0.1) is 11.8 Å². The third-order valence-electron chi connectivity index (χ3n) is 4.21. The number of thioether (sulfide) groups is 1. The first-order chi connectivity index (χ1) is 11.7. The van der Waals surface area contributed by atoms with E-state index in [1.165, 1.54) is 5.56 Å². The maximum Gasteiger partial charge on any atom is 0.312 e. The summed E-state index contributed by atoms with van der Waals surface area (Å²) in [7, 11) is 0. The molecule has 0 aromatic heterocycles. The summed E-state index contributed by atoms with van der Waals surface area (Å²) in [5.74, 6) is -0.887. The molecule has 0 saturated carbocycles. The van der Waals surface area contributed by atoms with E-state index in [9.17, 15) is 14.7 Å². The number of hydrogen-bond acceptors (Lipinski definition) is 3. The van der Waals surface area contributed by atoms with Gasteiger partial charge in [-0.3, -0.25) is 9.59 Å². The fourth-order valence-electron chi connectivity index (χ4n) is 2.94. The van der Waals surface area contributed by atoms with Crippen LogP contribution in [0.4, 0.5) is 0 Å². The highest BCUT2D eigenvalue weighted by atomic mass is 32.2.